The number of anilines is 1. The smallest absolute Gasteiger partial charge is 0.134 e. The van der Waals surface area contributed by atoms with Crippen LogP contribution in [0.4, 0.5) is 5.82 Å². The van der Waals surface area contributed by atoms with Gasteiger partial charge in [-0.2, -0.15) is 0 Å². The summed E-state index contributed by atoms with van der Waals surface area (Å²) >= 11 is 6.27. The summed E-state index contributed by atoms with van der Waals surface area (Å²) in [6.45, 7) is 0. The SMILES string of the molecule is COc1c(-c2c(Cl)ccnc2N)ccc2ccccc12. The number of halogens is 1. The molecule has 1 heterocycles. The lowest BCUT2D eigenvalue weighted by molar-refractivity contribution is 0.421. The van der Waals surface area contributed by atoms with Crippen LogP contribution >= 0.6 is 11.6 Å². The second kappa shape index (κ2) is 5.02. The first-order chi connectivity index (χ1) is 9.72. The number of benzene rings is 2. The molecule has 1 aromatic heterocycles. The Balaban J connectivity index is 2.37. The van der Waals surface area contributed by atoms with Crippen molar-refractivity contribution in [2.75, 3.05) is 12.8 Å². The lowest BCUT2D eigenvalue weighted by Gasteiger charge is -2.14. The number of pyridine rings is 1. The molecule has 3 nitrogen and oxygen atoms in total. The molecule has 20 heavy (non-hydrogen) atoms. The maximum absolute atomic E-state index is 6.27. The zero-order chi connectivity index (χ0) is 14.1. The highest BCUT2D eigenvalue weighted by Crippen LogP contribution is 2.41. The molecule has 0 fully saturated rings. The maximum atomic E-state index is 6.27. The molecule has 0 spiro atoms. The summed E-state index contributed by atoms with van der Waals surface area (Å²) in [7, 11) is 1.64. The van der Waals surface area contributed by atoms with Gasteiger partial charge in [-0.1, -0.05) is 41.9 Å². The number of aromatic nitrogens is 1. The number of rotatable bonds is 2. The van der Waals surface area contributed by atoms with Crippen molar-refractivity contribution in [2.45, 2.75) is 0 Å². The molecule has 0 radical (unpaired) electrons. The third kappa shape index (κ3) is 1.96. The molecule has 0 aliphatic carbocycles. The Labute approximate surface area is 122 Å². The van der Waals surface area contributed by atoms with E-state index in [1.807, 2.05) is 36.4 Å². The van der Waals surface area contributed by atoms with E-state index in [-0.39, 0.29) is 0 Å². The van der Waals surface area contributed by atoms with Gasteiger partial charge < -0.3 is 10.5 Å². The van der Waals surface area contributed by atoms with Gasteiger partial charge in [0, 0.05) is 22.7 Å². The summed E-state index contributed by atoms with van der Waals surface area (Å²) in [5.41, 5.74) is 7.52. The molecule has 4 heteroatoms. The molecule has 0 bridgehead atoms. The highest BCUT2D eigenvalue weighted by Gasteiger charge is 2.15. The second-order valence-electron chi connectivity index (χ2n) is 4.42. The minimum atomic E-state index is 0.395. The van der Waals surface area contributed by atoms with Gasteiger partial charge in [0.2, 0.25) is 0 Å². The number of hydrogen-bond acceptors (Lipinski definition) is 3. The molecule has 0 saturated carbocycles. The highest BCUT2D eigenvalue weighted by atomic mass is 35.5. The Kier molecular flexibility index (Phi) is 3.20. The van der Waals surface area contributed by atoms with Crippen molar-refractivity contribution in [1.82, 2.24) is 4.98 Å². The van der Waals surface area contributed by atoms with Crippen LogP contribution < -0.4 is 10.5 Å². The Morgan fingerprint density at radius 1 is 1.10 bits per heavy atom. The number of fused-ring (bicyclic) bond motifs is 1. The van der Waals surface area contributed by atoms with Gasteiger partial charge in [-0.25, -0.2) is 4.98 Å². The Morgan fingerprint density at radius 3 is 2.65 bits per heavy atom. The fourth-order valence-electron chi connectivity index (χ4n) is 2.38. The van der Waals surface area contributed by atoms with Crippen LogP contribution in [0.5, 0.6) is 5.75 Å². The van der Waals surface area contributed by atoms with Crippen LogP contribution in [0.3, 0.4) is 0 Å². The molecule has 0 saturated heterocycles. The van der Waals surface area contributed by atoms with Crippen LogP contribution in [-0.4, -0.2) is 12.1 Å². The average molecular weight is 285 g/mol. The van der Waals surface area contributed by atoms with E-state index in [4.69, 9.17) is 22.1 Å². The average Bonchev–Trinajstić information content (AvgIpc) is 2.46. The summed E-state index contributed by atoms with van der Waals surface area (Å²) in [6.07, 6.45) is 1.59. The van der Waals surface area contributed by atoms with Gasteiger partial charge in [0.05, 0.1) is 12.1 Å². The number of nitrogens with two attached hydrogens (primary N) is 1. The molecule has 0 unspecified atom stereocenters. The Morgan fingerprint density at radius 2 is 1.90 bits per heavy atom. The highest BCUT2D eigenvalue weighted by molar-refractivity contribution is 6.34. The van der Waals surface area contributed by atoms with Crippen molar-refractivity contribution >= 4 is 28.2 Å². The lowest BCUT2D eigenvalue weighted by Crippen LogP contribution is -1.97. The summed E-state index contributed by atoms with van der Waals surface area (Å²) in [5, 5.41) is 2.68. The van der Waals surface area contributed by atoms with Gasteiger partial charge in [0.15, 0.2) is 0 Å². The number of nitrogens with zero attached hydrogens (tertiary/aromatic N) is 1. The molecule has 3 aromatic rings. The summed E-state index contributed by atoms with van der Waals surface area (Å²) in [5.74, 6) is 1.15. The molecule has 3 rings (SSSR count). The van der Waals surface area contributed by atoms with Gasteiger partial charge >= 0.3 is 0 Å². The zero-order valence-electron chi connectivity index (χ0n) is 10.9. The third-order valence-corrected chi connectivity index (χ3v) is 3.60. The number of nitrogen functional groups attached to an aromatic ring is 1. The van der Waals surface area contributed by atoms with E-state index in [1.54, 1.807) is 19.4 Å². The predicted molar refractivity (Wildman–Crippen MR) is 83.2 cm³/mol. The van der Waals surface area contributed by atoms with E-state index < -0.39 is 0 Å². The van der Waals surface area contributed by atoms with Crippen molar-refractivity contribution < 1.29 is 4.74 Å². The van der Waals surface area contributed by atoms with Gasteiger partial charge in [-0.15, -0.1) is 0 Å². The minimum Gasteiger partial charge on any atom is -0.495 e. The van der Waals surface area contributed by atoms with Crippen molar-refractivity contribution in [2.24, 2.45) is 0 Å². The number of methoxy groups -OCH3 is 1. The first-order valence-electron chi connectivity index (χ1n) is 6.18. The molecule has 0 aliphatic heterocycles. The lowest BCUT2D eigenvalue weighted by atomic mass is 10.00. The van der Waals surface area contributed by atoms with Gasteiger partial charge in [-0.3, -0.25) is 0 Å². The fourth-order valence-corrected chi connectivity index (χ4v) is 2.63. The van der Waals surface area contributed by atoms with Gasteiger partial charge in [-0.05, 0) is 17.5 Å². The van der Waals surface area contributed by atoms with Crippen molar-refractivity contribution in [3.05, 3.63) is 53.7 Å². The van der Waals surface area contributed by atoms with E-state index in [2.05, 4.69) is 4.98 Å². The quantitative estimate of drug-likeness (QED) is 0.769. The van der Waals surface area contributed by atoms with E-state index in [0.29, 0.717) is 16.4 Å². The molecule has 0 amide bonds. The van der Waals surface area contributed by atoms with Crippen LogP contribution in [0.1, 0.15) is 0 Å². The summed E-state index contributed by atoms with van der Waals surface area (Å²) in [4.78, 5) is 4.11. The van der Waals surface area contributed by atoms with Crippen LogP contribution in [0.25, 0.3) is 21.9 Å². The summed E-state index contributed by atoms with van der Waals surface area (Å²) < 4.78 is 5.58. The third-order valence-electron chi connectivity index (χ3n) is 3.28. The fraction of sp³-hybridized carbons (Fsp3) is 0.0625. The summed E-state index contributed by atoms with van der Waals surface area (Å²) in [6, 6.07) is 13.7. The van der Waals surface area contributed by atoms with Crippen LogP contribution in [-0.2, 0) is 0 Å². The van der Waals surface area contributed by atoms with E-state index in [0.717, 1.165) is 22.1 Å². The Bertz CT molecular complexity index is 766. The topological polar surface area (TPSA) is 48.1 Å². The molecular weight excluding hydrogens is 272 g/mol. The Hall–Kier alpha value is -2.26. The monoisotopic (exact) mass is 284 g/mol. The van der Waals surface area contributed by atoms with E-state index in [1.165, 1.54) is 0 Å². The van der Waals surface area contributed by atoms with E-state index >= 15 is 0 Å². The standard InChI is InChI=1S/C16H13ClN2O/c1-20-15-11-5-3-2-4-10(11)6-7-12(15)14-13(17)8-9-19-16(14)18/h2-9H,1H3,(H2,18,19). The first-order valence-corrected chi connectivity index (χ1v) is 6.56. The molecule has 0 aliphatic rings. The number of hydrogen-bond donors (Lipinski definition) is 1. The van der Waals surface area contributed by atoms with Crippen LogP contribution in [0.2, 0.25) is 5.02 Å². The van der Waals surface area contributed by atoms with Crippen LogP contribution in [0, 0.1) is 0 Å². The molecular formula is C16H13ClN2O. The second-order valence-corrected chi connectivity index (χ2v) is 4.83. The van der Waals surface area contributed by atoms with Gasteiger partial charge in [0.25, 0.3) is 0 Å². The molecule has 2 N–H and O–H groups in total. The van der Waals surface area contributed by atoms with Crippen molar-refractivity contribution in [3.8, 4) is 16.9 Å². The molecule has 2 aromatic carbocycles. The maximum Gasteiger partial charge on any atom is 0.134 e. The predicted octanol–water partition coefficient (Wildman–Crippen LogP) is 4.15. The van der Waals surface area contributed by atoms with Gasteiger partial charge in [0.1, 0.15) is 11.6 Å². The first kappa shape index (κ1) is 12.8. The van der Waals surface area contributed by atoms with Crippen molar-refractivity contribution in [3.63, 3.8) is 0 Å². The normalized spacial score (nSPS) is 10.7. The van der Waals surface area contributed by atoms with Crippen molar-refractivity contribution in [1.29, 1.82) is 0 Å². The molecule has 100 valence electrons. The minimum absolute atomic E-state index is 0.395. The number of ether oxygens (including phenoxy) is 1. The molecule has 0 atom stereocenters. The van der Waals surface area contributed by atoms with Crippen LogP contribution in [0.15, 0.2) is 48.7 Å². The zero-order valence-corrected chi connectivity index (χ0v) is 11.7. The van der Waals surface area contributed by atoms with E-state index in [9.17, 15) is 0 Å². The largest absolute Gasteiger partial charge is 0.495 e.